The van der Waals surface area contributed by atoms with E-state index in [-0.39, 0.29) is 10.8 Å². The van der Waals surface area contributed by atoms with Gasteiger partial charge < -0.3 is 9.47 Å². The van der Waals surface area contributed by atoms with Crippen LogP contribution in [0.5, 0.6) is 11.5 Å². The van der Waals surface area contributed by atoms with Crippen molar-refractivity contribution in [3.63, 3.8) is 0 Å². The third kappa shape index (κ3) is 5.99. The number of rotatable bonds is 10. The van der Waals surface area contributed by atoms with Gasteiger partial charge in [0.2, 0.25) is 5.13 Å². The molecular weight excluding hydrogens is 496 g/mol. The second kappa shape index (κ2) is 11.1. The van der Waals surface area contributed by atoms with E-state index in [0.717, 1.165) is 14.4 Å². The van der Waals surface area contributed by atoms with Crippen molar-refractivity contribution in [2.75, 3.05) is 36.6 Å². The van der Waals surface area contributed by atoms with Gasteiger partial charge in [-0.3, -0.25) is 14.4 Å². The first-order valence-corrected chi connectivity index (χ1v) is 13.5. The zero-order valence-corrected chi connectivity index (χ0v) is 21.9. The second-order valence-corrected chi connectivity index (χ2v) is 11.8. The molecule has 1 N–H and O–H groups in total. The maximum absolute atomic E-state index is 13.1. The van der Waals surface area contributed by atoms with Crippen LogP contribution in [-0.2, 0) is 10.0 Å². The fourth-order valence-electron chi connectivity index (χ4n) is 2.82. The monoisotopic (exact) mass is 522 g/mol. The summed E-state index contributed by atoms with van der Waals surface area (Å²) >= 11 is 2.91. The maximum Gasteiger partial charge on any atom is 0.264 e. The lowest BCUT2D eigenvalue weighted by Crippen LogP contribution is -2.26. The van der Waals surface area contributed by atoms with Crippen molar-refractivity contribution >= 4 is 49.8 Å². The first-order chi connectivity index (χ1) is 16.1. The molecule has 0 atom stereocenters. The summed E-state index contributed by atoms with van der Waals surface area (Å²) in [4.78, 5) is 12.6. The Kier molecular flexibility index (Phi) is 8.39. The lowest BCUT2D eigenvalue weighted by atomic mass is 10.2. The molecule has 0 aliphatic heterocycles. The van der Waals surface area contributed by atoms with Crippen molar-refractivity contribution in [1.29, 1.82) is 0 Å². The molecular formula is C22H26N4O5S3. The highest BCUT2D eigenvalue weighted by Gasteiger charge is 2.23. The third-order valence-electron chi connectivity index (χ3n) is 4.67. The van der Waals surface area contributed by atoms with Gasteiger partial charge in [0.25, 0.3) is 15.9 Å². The molecule has 0 spiro atoms. The fraction of sp³-hybridized carbons (Fsp3) is 0.318. The first-order valence-electron chi connectivity index (χ1n) is 10.2. The van der Waals surface area contributed by atoms with Gasteiger partial charge >= 0.3 is 0 Å². The van der Waals surface area contributed by atoms with Crippen LogP contribution >= 0.6 is 23.1 Å². The van der Waals surface area contributed by atoms with Crippen LogP contribution in [-0.4, -0.2) is 51.5 Å². The van der Waals surface area contributed by atoms with Crippen LogP contribution in [0.1, 0.15) is 24.2 Å². The van der Waals surface area contributed by atoms with Crippen molar-refractivity contribution in [1.82, 2.24) is 10.2 Å². The number of ether oxygens (including phenoxy) is 2. The minimum absolute atomic E-state index is 0.0527. The van der Waals surface area contributed by atoms with E-state index in [1.807, 2.05) is 0 Å². The van der Waals surface area contributed by atoms with Crippen molar-refractivity contribution in [2.24, 2.45) is 5.92 Å². The predicted octanol–water partition coefficient (Wildman–Crippen LogP) is 4.38. The molecule has 0 aliphatic rings. The van der Waals surface area contributed by atoms with Gasteiger partial charge in [0.15, 0.2) is 15.8 Å². The smallest absolute Gasteiger partial charge is 0.264 e. The van der Waals surface area contributed by atoms with Gasteiger partial charge in [-0.05, 0) is 42.3 Å². The summed E-state index contributed by atoms with van der Waals surface area (Å²) in [6, 6.07) is 10.6. The molecule has 3 rings (SSSR count). The van der Waals surface area contributed by atoms with E-state index < -0.39 is 10.0 Å². The predicted molar refractivity (Wildman–Crippen MR) is 135 cm³/mol. The third-order valence-corrected chi connectivity index (χ3v) is 8.85. The van der Waals surface area contributed by atoms with Gasteiger partial charge in [0.05, 0.1) is 24.8 Å². The van der Waals surface area contributed by atoms with E-state index >= 15 is 0 Å². The number of sulfonamides is 1. The minimum Gasteiger partial charge on any atom is -0.493 e. The molecule has 182 valence electrons. The largest absolute Gasteiger partial charge is 0.493 e. The van der Waals surface area contributed by atoms with Gasteiger partial charge in [-0.2, -0.15) is 0 Å². The van der Waals surface area contributed by atoms with Gasteiger partial charge in [0.1, 0.15) is 0 Å². The number of nitrogens with zero attached hydrogens (tertiary/aromatic N) is 3. The van der Waals surface area contributed by atoms with Crippen molar-refractivity contribution in [3.05, 3.63) is 48.0 Å². The Hall–Kier alpha value is -2.83. The number of thioether (sulfide) groups is 1. The van der Waals surface area contributed by atoms with Gasteiger partial charge in [-0.25, -0.2) is 8.42 Å². The molecule has 1 heterocycles. The molecule has 1 amide bonds. The van der Waals surface area contributed by atoms with Crippen LogP contribution in [0.15, 0.2) is 51.7 Å². The lowest BCUT2D eigenvalue weighted by molar-refractivity contribution is 0.102. The quantitative estimate of drug-likeness (QED) is 0.308. The van der Waals surface area contributed by atoms with Crippen LogP contribution in [0.2, 0.25) is 0 Å². The molecule has 2 aromatic carbocycles. The number of amides is 1. The van der Waals surface area contributed by atoms with E-state index in [1.165, 1.54) is 50.8 Å². The average Bonchev–Trinajstić information content (AvgIpc) is 3.28. The van der Waals surface area contributed by atoms with Crippen molar-refractivity contribution < 1.29 is 22.7 Å². The van der Waals surface area contributed by atoms with Crippen molar-refractivity contribution in [3.8, 4) is 11.5 Å². The molecule has 3 aromatic rings. The van der Waals surface area contributed by atoms with E-state index in [0.29, 0.717) is 33.8 Å². The zero-order valence-electron chi connectivity index (χ0n) is 19.4. The Morgan fingerprint density at radius 2 is 1.76 bits per heavy atom. The lowest BCUT2D eigenvalue weighted by Gasteiger charge is -2.20. The number of carbonyl (C=O) groups is 1. The van der Waals surface area contributed by atoms with Crippen LogP contribution in [0, 0.1) is 5.92 Å². The van der Waals surface area contributed by atoms with Crippen LogP contribution in [0.3, 0.4) is 0 Å². The number of carbonyl (C=O) groups excluding carboxylic acids is 1. The van der Waals surface area contributed by atoms with Crippen molar-refractivity contribution in [2.45, 2.75) is 23.1 Å². The molecule has 9 nitrogen and oxygen atoms in total. The Balaban J connectivity index is 1.71. The average molecular weight is 523 g/mol. The Morgan fingerprint density at radius 1 is 1.09 bits per heavy atom. The summed E-state index contributed by atoms with van der Waals surface area (Å²) in [6.07, 6.45) is 0. The number of methoxy groups -OCH3 is 2. The van der Waals surface area contributed by atoms with Crippen LogP contribution in [0.25, 0.3) is 0 Å². The van der Waals surface area contributed by atoms with Gasteiger partial charge in [-0.15, -0.1) is 10.2 Å². The van der Waals surface area contributed by atoms with E-state index in [4.69, 9.17) is 9.47 Å². The van der Waals surface area contributed by atoms with Crippen LogP contribution in [0.4, 0.5) is 10.8 Å². The Labute approximate surface area is 207 Å². The topological polar surface area (TPSA) is 111 Å². The molecule has 0 fully saturated rings. The summed E-state index contributed by atoms with van der Waals surface area (Å²) < 4.78 is 38.5. The molecule has 0 radical (unpaired) electrons. The number of aromatic nitrogens is 2. The first kappa shape index (κ1) is 25.8. The van der Waals surface area contributed by atoms with Gasteiger partial charge in [-0.1, -0.05) is 36.9 Å². The molecule has 0 unspecified atom stereocenters. The number of hydrogen-bond acceptors (Lipinski definition) is 9. The Bertz CT molecular complexity index is 1240. The molecule has 34 heavy (non-hydrogen) atoms. The molecule has 12 heteroatoms. The molecule has 1 aromatic heterocycles. The van der Waals surface area contributed by atoms with E-state index in [9.17, 15) is 13.2 Å². The van der Waals surface area contributed by atoms with E-state index in [1.54, 1.807) is 36.0 Å². The molecule has 0 aliphatic carbocycles. The molecule has 0 saturated heterocycles. The van der Waals surface area contributed by atoms with Gasteiger partial charge in [0, 0.05) is 24.4 Å². The number of nitrogens with one attached hydrogen (secondary N) is 1. The SMILES string of the molecule is COc1ccc(S(=O)(=O)N(C)c2ccc(C(=O)Nc3nnc(SCC(C)C)s3)cc2)cc1OC. The summed E-state index contributed by atoms with van der Waals surface area (Å²) in [5.41, 5.74) is 0.766. The summed E-state index contributed by atoms with van der Waals surface area (Å²) in [5, 5.41) is 11.2. The summed E-state index contributed by atoms with van der Waals surface area (Å²) in [6.45, 7) is 4.24. The maximum atomic E-state index is 13.1. The second-order valence-electron chi connectivity index (χ2n) is 7.57. The molecule has 0 bridgehead atoms. The minimum atomic E-state index is -3.86. The fourth-order valence-corrected chi connectivity index (χ4v) is 5.76. The summed E-state index contributed by atoms with van der Waals surface area (Å²) in [5.74, 6) is 1.84. The normalized spacial score (nSPS) is 11.4. The highest BCUT2D eigenvalue weighted by atomic mass is 32.2. The van der Waals surface area contributed by atoms with Crippen LogP contribution < -0.4 is 19.1 Å². The van der Waals surface area contributed by atoms with E-state index in [2.05, 4.69) is 29.4 Å². The highest BCUT2D eigenvalue weighted by molar-refractivity contribution is 8.01. The summed E-state index contributed by atoms with van der Waals surface area (Å²) in [7, 11) is 0.498. The highest BCUT2D eigenvalue weighted by Crippen LogP contribution is 2.32. The Morgan fingerprint density at radius 3 is 2.38 bits per heavy atom. The number of anilines is 2. The standard InChI is InChI=1S/C22H26N4O5S3/c1-14(2)13-32-22-25-24-21(33-22)23-20(27)15-6-8-16(9-7-15)26(3)34(28,29)17-10-11-18(30-4)19(12-17)31-5/h6-12,14H,13H2,1-5H3,(H,23,24,27). The number of hydrogen-bond donors (Lipinski definition) is 1. The molecule has 0 saturated carbocycles. The number of benzene rings is 2. The zero-order chi connectivity index (χ0) is 24.9.